The maximum Gasteiger partial charge on any atom is 0.418 e. The van der Waals surface area contributed by atoms with Crippen LogP contribution in [0.1, 0.15) is 18.4 Å². The minimum Gasteiger partial charge on any atom is -0.398 e. The number of hydrogen-bond acceptors (Lipinski definition) is 3. The second kappa shape index (κ2) is 5.91. The summed E-state index contributed by atoms with van der Waals surface area (Å²) >= 11 is 0. The van der Waals surface area contributed by atoms with Crippen LogP contribution in [0, 0.1) is 0 Å². The van der Waals surface area contributed by atoms with E-state index in [0.29, 0.717) is 12.2 Å². The van der Waals surface area contributed by atoms with Gasteiger partial charge in [-0.05, 0) is 44.1 Å². The Hall–Kier alpha value is -1.43. The molecule has 6 heteroatoms. The molecule has 1 aromatic carbocycles. The lowest BCUT2D eigenvalue weighted by Gasteiger charge is -2.24. The van der Waals surface area contributed by atoms with Crippen molar-refractivity contribution in [2.45, 2.75) is 19.0 Å². The van der Waals surface area contributed by atoms with Gasteiger partial charge < -0.3 is 15.5 Å². The Bertz CT molecular complexity index is 453. The number of halogens is 3. The van der Waals surface area contributed by atoms with Crippen molar-refractivity contribution >= 4 is 11.4 Å². The first-order chi connectivity index (χ1) is 9.38. The van der Waals surface area contributed by atoms with E-state index in [-0.39, 0.29) is 5.69 Å². The zero-order valence-electron chi connectivity index (χ0n) is 11.6. The first-order valence-corrected chi connectivity index (χ1v) is 6.78. The molecule has 1 fully saturated rings. The number of rotatable bonds is 4. The van der Waals surface area contributed by atoms with Gasteiger partial charge in [-0.15, -0.1) is 0 Å². The smallest absolute Gasteiger partial charge is 0.398 e. The molecule has 0 amide bonds. The van der Waals surface area contributed by atoms with E-state index in [1.54, 1.807) is 6.07 Å². The lowest BCUT2D eigenvalue weighted by molar-refractivity contribution is -0.136. The molecule has 2 rings (SSSR count). The van der Waals surface area contributed by atoms with E-state index in [4.69, 9.17) is 5.73 Å². The molecule has 1 aliphatic rings. The van der Waals surface area contributed by atoms with Crippen molar-refractivity contribution in [1.82, 2.24) is 4.90 Å². The normalized spacial score (nSPS) is 16.6. The number of benzene rings is 1. The summed E-state index contributed by atoms with van der Waals surface area (Å²) in [6, 6.07) is 4.08. The Morgan fingerprint density at radius 3 is 2.50 bits per heavy atom. The molecule has 0 aromatic heterocycles. The highest BCUT2D eigenvalue weighted by atomic mass is 19.4. The van der Waals surface area contributed by atoms with Crippen LogP contribution in [-0.2, 0) is 6.18 Å². The largest absolute Gasteiger partial charge is 0.418 e. The lowest BCUT2D eigenvalue weighted by atomic mass is 10.1. The highest BCUT2D eigenvalue weighted by Crippen LogP contribution is 2.35. The fourth-order valence-corrected chi connectivity index (χ4v) is 2.45. The van der Waals surface area contributed by atoms with Gasteiger partial charge in [0.1, 0.15) is 0 Å². The molecule has 1 saturated heterocycles. The zero-order valence-corrected chi connectivity index (χ0v) is 11.6. The number of nitrogens with zero attached hydrogens (tertiary/aromatic N) is 2. The van der Waals surface area contributed by atoms with Crippen LogP contribution in [-0.4, -0.2) is 38.1 Å². The van der Waals surface area contributed by atoms with Crippen LogP contribution in [0.15, 0.2) is 18.2 Å². The van der Waals surface area contributed by atoms with E-state index < -0.39 is 11.7 Å². The number of nitrogens with two attached hydrogens (primary N) is 1. The molecule has 0 atom stereocenters. The molecular formula is C14H20F3N3. The van der Waals surface area contributed by atoms with Gasteiger partial charge in [0.2, 0.25) is 0 Å². The average Bonchev–Trinajstić information content (AvgIpc) is 2.88. The molecule has 0 unspecified atom stereocenters. The average molecular weight is 287 g/mol. The van der Waals surface area contributed by atoms with Gasteiger partial charge in [-0.1, -0.05) is 0 Å². The molecule has 0 radical (unpaired) electrons. The molecule has 0 spiro atoms. The first kappa shape index (κ1) is 15.0. The van der Waals surface area contributed by atoms with E-state index in [0.717, 1.165) is 25.7 Å². The van der Waals surface area contributed by atoms with Gasteiger partial charge in [-0.3, -0.25) is 0 Å². The van der Waals surface area contributed by atoms with Crippen LogP contribution in [0.5, 0.6) is 0 Å². The fraction of sp³-hybridized carbons (Fsp3) is 0.571. The fourth-order valence-electron chi connectivity index (χ4n) is 2.45. The Balaban J connectivity index is 2.03. The summed E-state index contributed by atoms with van der Waals surface area (Å²) in [5.41, 5.74) is 4.96. The van der Waals surface area contributed by atoms with E-state index in [2.05, 4.69) is 4.90 Å². The minimum absolute atomic E-state index is 0.228. The number of hydrogen-bond donors (Lipinski definition) is 1. The zero-order chi connectivity index (χ0) is 14.8. The van der Waals surface area contributed by atoms with Gasteiger partial charge in [0, 0.05) is 31.5 Å². The van der Waals surface area contributed by atoms with Gasteiger partial charge in [-0.25, -0.2) is 0 Å². The maximum absolute atomic E-state index is 12.8. The number of likely N-dealkylation sites (N-methyl/N-ethyl adjacent to an activating group) is 1. The topological polar surface area (TPSA) is 32.5 Å². The molecule has 0 bridgehead atoms. The first-order valence-electron chi connectivity index (χ1n) is 6.78. The van der Waals surface area contributed by atoms with Gasteiger partial charge >= 0.3 is 6.18 Å². The van der Waals surface area contributed by atoms with E-state index in [1.807, 2.05) is 11.9 Å². The van der Waals surface area contributed by atoms with Gasteiger partial charge in [0.25, 0.3) is 0 Å². The number of nitrogen functional groups attached to an aromatic ring is 1. The Labute approximate surface area is 117 Å². The van der Waals surface area contributed by atoms with Crippen LogP contribution in [0.25, 0.3) is 0 Å². The second-order valence-corrected chi connectivity index (χ2v) is 5.24. The summed E-state index contributed by atoms with van der Waals surface area (Å²) < 4.78 is 38.5. The molecule has 0 aliphatic carbocycles. The van der Waals surface area contributed by atoms with Crippen molar-refractivity contribution in [3.63, 3.8) is 0 Å². The number of anilines is 2. The Morgan fingerprint density at radius 2 is 1.90 bits per heavy atom. The molecular weight excluding hydrogens is 267 g/mol. The van der Waals surface area contributed by atoms with Gasteiger partial charge in [0.05, 0.1) is 5.56 Å². The third-order valence-electron chi connectivity index (χ3n) is 3.73. The van der Waals surface area contributed by atoms with E-state index in [1.165, 1.54) is 18.9 Å². The molecule has 1 heterocycles. The summed E-state index contributed by atoms with van der Waals surface area (Å²) in [6.07, 6.45) is -1.98. The van der Waals surface area contributed by atoms with Crippen LogP contribution in [0.3, 0.4) is 0 Å². The summed E-state index contributed by atoms with van der Waals surface area (Å²) in [5, 5.41) is 0. The van der Waals surface area contributed by atoms with Crippen molar-refractivity contribution in [3.05, 3.63) is 23.8 Å². The van der Waals surface area contributed by atoms with Crippen LogP contribution < -0.4 is 10.6 Å². The third-order valence-corrected chi connectivity index (χ3v) is 3.73. The summed E-state index contributed by atoms with van der Waals surface area (Å²) in [6.45, 7) is 3.76. The maximum atomic E-state index is 12.8. The standard InChI is InChI=1S/C14H20F3N3/c1-19(8-9-20-6-2-3-7-20)11-4-5-13(18)12(10-11)14(15,16)17/h4-5,10H,2-3,6-9,18H2,1H3. The van der Waals surface area contributed by atoms with Crippen molar-refractivity contribution in [3.8, 4) is 0 Å². The summed E-state index contributed by atoms with van der Waals surface area (Å²) in [7, 11) is 1.81. The van der Waals surface area contributed by atoms with Crippen molar-refractivity contribution in [2.24, 2.45) is 0 Å². The van der Waals surface area contributed by atoms with Crippen LogP contribution in [0.4, 0.5) is 24.5 Å². The molecule has 3 nitrogen and oxygen atoms in total. The van der Waals surface area contributed by atoms with Gasteiger partial charge in [0.15, 0.2) is 0 Å². The minimum atomic E-state index is -4.41. The van der Waals surface area contributed by atoms with Crippen molar-refractivity contribution < 1.29 is 13.2 Å². The SMILES string of the molecule is CN(CCN1CCCC1)c1ccc(N)c(C(F)(F)F)c1. The monoisotopic (exact) mass is 287 g/mol. The quantitative estimate of drug-likeness (QED) is 0.864. The molecule has 1 aliphatic heterocycles. The highest BCUT2D eigenvalue weighted by molar-refractivity contribution is 5.59. The molecule has 112 valence electrons. The van der Waals surface area contributed by atoms with E-state index >= 15 is 0 Å². The lowest BCUT2D eigenvalue weighted by Crippen LogP contribution is -2.31. The molecule has 20 heavy (non-hydrogen) atoms. The van der Waals surface area contributed by atoms with Crippen LogP contribution in [0.2, 0.25) is 0 Å². The predicted octanol–water partition coefficient (Wildman–Crippen LogP) is 2.82. The van der Waals surface area contributed by atoms with E-state index in [9.17, 15) is 13.2 Å². The number of likely N-dealkylation sites (tertiary alicyclic amines) is 1. The summed E-state index contributed by atoms with van der Waals surface area (Å²) in [4.78, 5) is 4.17. The molecule has 1 aromatic rings. The second-order valence-electron chi connectivity index (χ2n) is 5.24. The van der Waals surface area contributed by atoms with Gasteiger partial charge in [-0.2, -0.15) is 13.2 Å². The van der Waals surface area contributed by atoms with Crippen molar-refractivity contribution in [2.75, 3.05) is 43.9 Å². The third kappa shape index (κ3) is 3.56. The Morgan fingerprint density at radius 1 is 1.25 bits per heavy atom. The van der Waals surface area contributed by atoms with Crippen molar-refractivity contribution in [1.29, 1.82) is 0 Å². The number of alkyl halides is 3. The van der Waals surface area contributed by atoms with Crippen LogP contribution >= 0.6 is 0 Å². The molecule has 0 saturated carbocycles. The Kier molecular flexibility index (Phi) is 4.42. The highest BCUT2D eigenvalue weighted by Gasteiger charge is 2.33. The summed E-state index contributed by atoms with van der Waals surface area (Å²) in [5.74, 6) is 0. The predicted molar refractivity (Wildman–Crippen MR) is 74.8 cm³/mol. The molecule has 2 N–H and O–H groups in total.